The van der Waals surface area contributed by atoms with Crippen molar-refractivity contribution in [2.24, 2.45) is 4.99 Å². The molecule has 152 valence electrons. The molecule has 1 saturated carbocycles. The fourth-order valence-electron chi connectivity index (χ4n) is 3.67. The van der Waals surface area contributed by atoms with Gasteiger partial charge in [0, 0.05) is 49.2 Å². The van der Waals surface area contributed by atoms with E-state index >= 15 is 0 Å². The Bertz CT molecular complexity index is 655. The van der Waals surface area contributed by atoms with Gasteiger partial charge < -0.3 is 15.5 Å². The molecule has 1 saturated heterocycles. The maximum Gasteiger partial charge on any atom is 0.191 e. The van der Waals surface area contributed by atoms with Gasteiger partial charge in [-0.1, -0.05) is 31.5 Å². The number of benzene rings is 1. The molecule has 7 heteroatoms. The highest BCUT2D eigenvalue weighted by atomic mass is 127. The third kappa shape index (κ3) is 6.19. The molecule has 1 aliphatic carbocycles. The van der Waals surface area contributed by atoms with E-state index in [0.717, 1.165) is 30.4 Å². The first-order chi connectivity index (χ1) is 12.4. The first-order valence-electron chi connectivity index (χ1n) is 9.56. The Balaban J connectivity index is 0.00000261. The number of aliphatic imine (C=N–C) groups is 1. The molecule has 2 N–H and O–H groups in total. The fourth-order valence-corrected chi connectivity index (χ4v) is 4.10. The smallest absolute Gasteiger partial charge is 0.191 e. The number of nitrogens with one attached hydrogen (secondary N) is 2. The third-order valence-corrected chi connectivity index (χ3v) is 5.83. The van der Waals surface area contributed by atoms with Crippen molar-refractivity contribution in [3.05, 3.63) is 34.6 Å². The lowest BCUT2D eigenvalue weighted by Crippen LogP contribution is -2.50. The summed E-state index contributed by atoms with van der Waals surface area (Å²) in [6.45, 7) is 7.21. The summed E-state index contributed by atoms with van der Waals surface area (Å²) in [5, 5.41) is 7.43. The highest BCUT2D eigenvalue weighted by molar-refractivity contribution is 14.0. The molecular formula is C20H31ClFIN4. The standard InChI is InChI=1S/C20H30ClFN4.HI/c1-20(2,17-7-4-14(22)12-18(17)21)13-24-19(23-3)25-15-8-10-26(11-9-15)16-5-6-16;/h4,7,12,15-16H,5-6,8-11,13H2,1-3H3,(H2,23,24,25);1H. The first-order valence-corrected chi connectivity index (χ1v) is 9.93. The SMILES string of the molecule is CN=C(NCC(C)(C)c1ccc(F)cc1Cl)NC1CCN(C2CC2)CC1.I. The second-order valence-corrected chi connectivity index (χ2v) is 8.53. The van der Waals surface area contributed by atoms with Crippen LogP contribution in [0.15, 0.2) is 23.2 Å². The fraction of sp³-hybridized carbons (Fsp3) is 0.650. The van der Waals surface area contributed by atoms with Gasteiger partial charge in [0.25, 0.3) is 0 Å². The van der Waals surface area contributed by atoms with Gasteiger partial charge in [0.05, 0.1) is 0 Å². The molecule has 1 heterocycles. The predicted octanol–water partition coefficient (Wildman–Crippen LogP) is 4.17. The number of hydrogen-bond acceptors (Lipinski definition) is 2. The average molecular weight is 509 g/mol. The molecule has 1 aromatic carbocycles. The van der Waals surface area contributed by atoms with Crippen molar-refractivity contribution < 1.29 is 4.39 Å². The van der Waals surface area contributed by atoms with Crippen LogP contribution in [0.2, 0.25) is 5.02 Å². The predicted molar refractivity (Wildman–Crippen MR) is 122 cm³/mol. The van der Waals surface area contributed by atoms with Gasteiger partial charge in [-0.2, -0.15) is 0 Å². The van der Waals surface area contributed by atoms with E-state index in [1.807, 2.05) is 0 Å². The number of rotatable bonds is 5. The number of nitrogens with zero attached hydrogens (tertiary/aromatic N) is 2. The highest BCUT2D eigenvalue weighted by Crippen LogP contribution is 2.30. The van der Waals surface area contributed by atoms with Crippen LogP contribution in [-0.2, 0) is 5.41 Å². The van der Waals surface area contributed by atoms with Gasteiger partial charge in [0.1, 0.15) is 5.82 Å². The van der Waals surface area contributed by atoms with Gasteiger partial charge >= 0.3 is 0 Å². The summed E-state index contributed by atoms with van der Waals surface area (Å²) in [6, 6.07) is 5.93. The van der Waals surface area contributed by atoms with Crippen molar-refractivity contribution in [2.45, 2.75) is 57.0 Å². The summed E-state index contributed by atoms with van der Waals surface area (Å²) in [6.07, 6.45) is 5.07. The Morgan fingerprint density at radius 1 is 1.26 bits per heavy atom. The van der Waals surface area contributed by atoms with Crippen molar-refractivity contribution >= 4 is 41.5 Å². The molecule has 27 heavy (non-hydrogen) atoms. The van der Waals surface area contributed by atoms with Gasteiger partial charge in [-0.3, -0.25) is 4.99 Å². The lowest BCUT2D eigenvalue weighted by Gasteiger charge is -2.34. The van der Waals surface area contributed by atoms with E-state index in [4.69, 9.17) is 11.6 Å². The van der Waals surface area contributed by atoms with E-state index in [2.05, 4.69) is 34.4 Å². The summed E-state index contributed by atoms with van der Waals surface area (Å²) in [5.41, 5.74) is 0.693. The molecule has 1 aromatic rings. The van der Waals surface area contributed by atoms with Crippen molar-refractivity contribution in [1.82, 2.24) is 15.5 Å². The van der Waals surface area contributed by atoms with Crippen molar-refractivity contribution in [2.75, 3.05) is 26.7 Å². The molecule has 0 spiro atoms. The quantitative estimate of drug-likeness (QED) is 0.356. The first kappa shape index (κ1) is 22.7. The molecular weight excluding hydrogens is 478 g/mol. The normalized spacial score (nSPS) is 19.5. The summed E-state index contributed by atoms with van der Waals surface area (Å²) in [7, 11) is 1.80. The lowest BCUT2D eigenvalue weighted by atomic mass is 9.84. The van der Waals surface area contributed by atoms with E-state index < -0.39 is 0 Å². The van der Waals surface area contributed by atoms with Crippen LogP contribution in [-0.4, -0.2) is 49.6 Å². The maximum absolute atomic E-state index is 13.3. The van der Waals surface area contributed by atoms with Crippen LogP contribution in [0.4, 0.5) is 4.39 Å². The summed E-state index contributed by atoms with van der Waals surface area (Å²) < 4.78 is 13.3. The Hall–Kier alpha value is -0.600. The zero-order valence-electron chi connectivity index (χ0n) is 16.4. The molecule has 3 rings (SSSR count). The molecule has 2 aliphatic rings. The van der Waals surface area contributed by atoms with Crippen LogP contribution in [0.5, 0.6) is 0 Å². The van der Waals surface area contributed by atoms with Crippen LogP contribution in [0.25, 0.3) is 0 Å². The van der Waals surface area contributed by atoms with Crippen LogP contribution < -0.4 is 10.6 Å². The molecule has 0 amide bonds. The minimum atomic E-state index is -0.308. The summed E-state index contributed by atoms with van der Waals surface area (Å²) in [4.78, 5) is 6.99. The zero-order valence-corrected chi connectivity index (χ0v) is 19.5. The van der Waals surface area contributed by atoms with Crippen LogP contribution in [0.1, 0.15) is 45.1 Å². The molecule has 2 fully saturated rings. The molecule has 4 nitrogen and oxygen atoms in total. The minimum absolute atomic E-state index is 0. The Morgan fingerprint density at radius 3 is 2.48 bits per heavy atom. The van der Waals surface area contributed by atoms with Gasteiger partial charge in [0.2, 0.25) is 0 Å². The Kier molecular flexibility index (Phi) is 8.19. The molecule has 0 aromatic heterocycles. The van der Waals surface area contributed by atoms with Gasteiger partial charge in [-0.05, 0) is 43.4 Å². The summed E-state index contributed by atoms with van der Waals surface area (Å²) in [5.74, 6) is 0.513. The number of piperidine rings is 1. The second-order valence-electron chi connectivity index (χ2n) is 8.12. The Labute approximate surface area is 184 Å². The van der Waals surface area contributed by atoms with Gasteiger partial charge in [0.15, 0.2) is 5.96 Å². The number of guanidine groups is 1. The van der Waals surface area contributed by atoms with E-state index in [1.54, 1.807) is 13.1 Å². The van der Waals surface area contributed by atoms with Gasteiger partial charge in [-0.25, -0.2) is 4.39 Å². The van der Waals surface area contributed by atoms with E-state index in [9.17, 15) is 4.39 Å². The third-order valence-electron chi connectivity index (χ3n) is 5.52. The van der Waals surface area contributed by atoms with Crippen molar-refractivity contribution in [3.63, 3.8) is 0 Å². The van der Waals surface area contributed by atoms with E-state index in [0.29, 0.717) is 17.6 Å². The monoisotopic (exact) mass is 508 g/mol. The van der Waals surface area contributed by atoms with E-state index in [1.165, 1.54) is 38.1 Å². The van der Waals surface area contributed by atoms with Gasteiger partial charge in [-0.15, -0.1) is 24.0 Å². The van der Waals surface area contributed by atoms with Crippen LogP contribution >= 0.6 is 35.6 Å². The molecule has 0 unspecified atom stereocenters. The zero-order chi connectivity index (χ0) is 18.7. The molecule has 0 bridgehead atoms. The lowest BCUT2D eigenvalue weighted by molar-refractivity contribution is 0.197. The van der Waals surface area contributed by atoms with Crippen LogP contribution in [0, 0.1) is 5.82 Å². The number of hydrogen-bond donors (Lipinski definition) is 2. The second kappa shape index (κ2) is 9.74. The highest BCUT2D eigenvalue weighted by Gasteiger charge is 2.32. The van der Waals surface area contributed by atoms with Crippen LogP contribution in [0.3, 0.4) is 0 Å². The summed E-state index contributed by atoms with van der Waals surface area (Å²) >= 11 is 6.24. The number of likely N-dealkylation sites (tertiary alicyclic amines) is 1. The number of halogens is 3. The van der Waals surface area contributed by atoms with E-state index in [-0.39, 0.29) is 35.2 Å². The maximum atomic E-state index is 13.3. The molecule has 1 aliphatic heterocycles. The average Bonchev–Trinajstić information content (AvgIpc) is 3.44. The largest absolute Gasteiger partial charge is 0.356 e. The van der Waals surface area contributed by atoms with Crippen molar-refractivity contribution in [1.29, 1.82) is 0 Å². The molecule has 0 atom stereocenters. The Morgan fingerprint density at radius 2 is 1.93 bits per heavy atom. The van der Waals surface area contributed by atoms with Crippen molar-refractivity contribution in [3.8, 4) is 0 Å². The molecule has 0 radical (unpaired) electrons. The minimum Gasteiger partial charge on any atom is -0.356 e. The topological polar surface area (TPSA) is 39.7 Å².